The van der Waals surface area contributed by atoms with E-state index in [1.54, 1.807) is 6.92 Å². The predicted molar refractivity (Wildman–Crippen MR) is 62.8 cm³/mol. The zero-order valence-corrected chi connectivity index (χ0v) is 9.97. The average Bonchev–Trinajstić information content (AvgIpc) is 2.31. The molecule has 4 heteroatoms. The summed E-state index contributed by atoms with van der Waals surface area (Å²) >= 11 is 0. The predicted octanol–water partition coefficient (Wildman–Crippen LogP) is 4.59. The van der Waals surface area contributed by atoms with Crippen LogP contribution in [0.25, 0.3) is 10.9 Å². The van der Waals surface area contributed by atoms with Crippen molar-refractivity contribution in [3.8, 4) is 0 Å². The highest BCUT2D eigenvalue weighted by Crippen LogP contribution is 2.34. The van der Waals surface area contributed by atoms with Gasteiger partial charge in [-0.3, -0.25) is 4.98 Å². The van der Waals surface area contributed by atoms with Gasteiger partial charge in [-0.25, -0.2) is 0 Å². The van der Waals surface area contributed by atoms with Crippen LogP contribution in [-0.2, 0) is 6.18 Å². The molecule has 0 saturated heterocycles. The van der Waals surface area contributed by atoms with Crippen LogP contribution in [-0.4, -0.2) is 4.98 Å². The molecule has 1 nitrogen and oxygen atoms in total. The van der Waals surface area contributed by atoms with Crippen molar-refractivity contribution in [3.63, 3.8) is 0 Å². The molecule has 0 bridgehead atoms. The van der Waals surface area contributed by atoms with Crippen LogP contribution in [0.15, 0.2) is 30.5 Å². The summed E-state index contributed by atoms with van der Waals surface area (Å²) in [5.74, 6) is 0. The fourth-order valence-electron chi connectivity index (χ4n) is 1.56. The molecule has 0 N–H and O–H groups in total. The molecular formula is C13H14F3N. The van der Waals surface area contributed by atoms with E-state index in [-0.39, 0.29) is 5.39 Å². The number of nitrogens with zero attached hydrogens (tertiary/aromatic N) is 1. The second-order valence-electron chi connectivity index (χ2n) is 3.33. The maximum Gasteiger partial charge on any atom is 0.417 e. The lowest BCUT2D eigenvalue weighted by molar-refractivity contribution is -0.136. The number of benzene rings is 1. The fraction of sp³-hybridized carbons (Fsp3) is 0.308. The first kappa shape index (κ1) is 13.5. The van der Waals surface area contributed by atoms with Gasteiger partial charge in [-0.2, -0.15) is 13.2 Å². The number of hydrogen-bond acceptors (Lipinski definition) is 1. The standard InChI is InChI=1S/C11H8F3N.C2H6/c1-7-4-5-9(11(12,13)14)8-3-2-6-15-10(7)8;1-2/h2-6H,1H3;1-2H3. The second-order valence-corrected chi connectivity index (χ2v) is 3.33. The number of fused-ring (bicyclic) bond motifs is 1. The molecule has 1 aromatic carbocycles. The topological polar surface area (TPSA) is 12.9 Å². The van der Waals surface area contributed by atoms with E-state index < -0.39 is 11.7 Å². The molecule has 2 aromatic rings. The summed E-state index contributed by atoms with van der Waals surface area (Å²) in [5, 5.41) is 0.157. The highest BCUT2D eigenvalue weighted by molar-refractivity contribution is 5.85. The van der Waals surface area contributed by atoms with E-state index in [0.717, 1.165) is 11.6 Å². The molecule has 0 fully saturated rings. The van der Waals surface area contributed by atoms with Crippen molar-refractivity contribution in [3.05, 3.63) is 41.6 Å². The molecular weight excluding hydrogens is 227 g/mol. The van der Waals surface area contributed by atoms with Crippen LogP contribution < -0.4 is 0 Å². The van der Waals surface area contributed by atoms with Gasteiger partial charge in [-0.1, -0.05) is 26.0 Å². The lowest BCUT2D eigenvalue weighted by atomic mass is 10.0. The Hall–Kier alpha value is -1.58. The molecule has 0 unspecified atom stereocenters. The quantitative estimate of drug-likeness (QED) is 0.657. The number of halogens is 3. The van der Waals surface area contributed by atoms with E-state index in [9.17, 15) is 13.2 Å². The van der Waals surface area contributed by atoms with Crippen LogP contribution in [0.4, 0.5) is 13.2 Å². The Morgan fingerprint density at radius 1 is 1.06 bits per heavy atom. The van der Waals surface area contributed by atoms with E-state index in [4.69, 9.17) is 0 Å². The summed E-state index contributed by atoms with van der Waals surface area (Å²) in [6.45, 7) is 5.75. The maximum atomic E-state index is 12.6. The minimum Gasteiger partial charge on any atom is -0.256 e. The van der Waals surface area contributed by atoms with Gasteiger partial charge in [0.05, 0.1) is 11.1 Å². The molecule has 17 heavy (non-hydrogen) atoms. The summed E-state index contributed by atoms with van der Waals surface area (Å²) in [5.41, 5.74) is 0.530. The Morgan fingerprint density at radius 2 is 1.71 bits per heavy atom. The van der Waals surface area contributed by atoms with Gasteiger partial charge in [0, 0.05) is 11.6 Å². The molecule has 0 aliphatic carbocycles. The first-order valence-corrected chi connectivity index (χ1v) is 5.41. The largest absolute Gasteiger partial charge is 0.417 e. The number of hydrogen-bond donors (Lipinski definition) is 0. The maximum absolute atomic E-state index is 12.6. The third kappa shape index (κ3) is 2.75. The minimum atomic E-state index is -4.32. The zero-order valence-electron chi connectivity index (χ0n) is 9.97. The van der Waals surface area contributed by atoms with Gasteiger partial charge in [0.2, 0.25) is 0 Å². The van der Waals surface area contributed by atoms with Crippen LogP contribution in [0.2, 0.25) is 0 Å². The molecule has 1 aromatic heterocycles. The third-order valence-corrected chi connectivity index (χ3v) is 2.28. The molecule has 0 saturated carbocycles. The number of alkyl halides is 3. The van der Waals surface area contributed by atoms with Crippen LogP contribution in [0.1, 0.15) is 25.0 Å². The van der Waals surface area contributed by atoms with Gasteiger partial charge in [-0.15, -0.1) is 0 Å². The fourth-order valence-corrected chi connectivity index (χ4v) is 1.56. The van der Waals surface area contributed by atoms with Crippen molar-refractivity contribution in [2.75, 3.05) is 0 Å². The molecule has 0 amide bonds. The normalized spacial score (nSPS) is 10.9. The summed E-state index contributed by atoms with van der Waals surface area (Å²) < 4.78 is 37.9. The van der Waals surface area contributed by atoms with Crippen molar-refractivity contribution in [2.24, 2.45) is 0 Å². The van der Waals surface area contributed by atoms with Crippen LogP contribution in [0.3, 0.4) is 0 Å². The Labute approximate surface area is 98.3 Å². The van der Waals surface area contributed by atoms with Gasteiger partial charge >= 0.3 is 6.18 Å². The SMILES string of the molecule is CC.Cc1ccc(C(F)(F)F)c2cccnc12. The summed E-state index contributed by atoms with van der Waals surface area (Å²) in [4.78, 5) is 3.95. The van der Waals surface area contributed by atoms with Crippen LogP contribution in [0, 0.1) is 6.92 Å². The van der Waals surface area contributed by atoms with E-state index in [2.05, 4.69) is 4.98 Å². The molecule has 1 heterocycles. The number of aryl methyl sites for hydroxylation is 1. The van der Waals surface area contributed by atoms with E-state index >= 15 is 0 Å². The third-order valence-electron chi connectivity index (χ3n) is 2.28. The zero-order chi connectivity index (χ0) is 13.1. The Kier molecular flexibility index (Phi) is 4.10. The number of rotatable bonds is 0. The molecule has 92 valence electrons. The lowest BCUT2D eigenvalue weighted by Gasteiger charge is -2.10. The highest BCUT2D eigenvalue weighted by atomic mass is 19.4. The summed E-state index contributed by atoms with van der Waals surface area (Å²) in [6, 6.07) is 5.49. The van der Waals surface area contributed by atoms with Crippen molar-refractivity contribution in [2.45, 2.75) is 26.9 Å². The van der Waals surface area contributed by atoms with Gasteiger partial charge in [0.15, 0.2) is 0 Å². The first-order valence-electron chi connectivity index (χ1n) is 5.41. The second kappa shape index (κ2) is 5.17. The van der Waals surface area contributed by atoms with Crippen molar-refractivity contribution >= 4 is 10.9 Å². The Morgan fingerprint density at radius 3 is 2.29 bits per heavy atom. The smallest absolute Gasteiger partial charge is 0.256 e. The van der Waals surface area contributed by atoms with Crippen molar-refractivity contribution in [1.82, 2.24) is 4.98 Å². The van der Waals surface area contributed by atoms with Crippen LogP contribution >= 0.6 is 0 Å². The monoisotopic (exact) mass is 241 g/mol. The summed E-state index contributed by atoms with van der Waals surface area (Å²) in [6.07, 6.45) is -2.83. The molecule has 0 aliphatic heterocycles. The number of pyridine rings is 1. The van der Waals surface area contributed by atoms with Gasteiger partial charge in [0.1, 0.15) is 0 Å². The molecule has 0 atom stereocenters. The minimum absolute atomic E-state index is 0.157. The van der Waals surface area contributed by atoms with Gasteiger partial charge in [-0.05, 0) is 24.6 Å². The van der Waals surface area contributed by atoms with E-state index in [1.165, 1.54) is 24.4 Å². The van der Waals surface area contributed by atoms with E-state index in [1.807, 2.05) is 13.8 Å². The lowest BCUT2D eigenvalue weighted by Crippen LogP contribution is -2.06. The Balaban J connectivity index is 0.000000686. The Bertz CT molecular complexity index is 503. The van der Waals surface area contributed by atoms with Crippen molar-refractivity contribution < 1.29 is 13.2 Å². The molecule has 2 rings (SSSR count). The van der Waals surface area contributed by atoms with Gasteiger partial charge in [0.25, 0.3) is 0 Å². The highest BCUT2D eigenvalue weighted by Gasteiger charge is 2.32. The molecule has 0 spiro atoms. The molecule has 0 radical (unpaired) electrons. The van der Waals surface area contributed by atoms with Crippen molar-refractivity contribution in [1.29, 1.82) is 0 Å². The van der Waals surface area contributed by atoms with Gasteiger partial charge < -0.3 is 0 Å². The average molecular weight is 241 g/mol. The number of aromatic nitrogens is 1. The van der Waals surface area contributed by atoms with Crippen LogP contribution in [0.5, 0.6) is 0 Å². The van der Waals surface area contributed by atoms with E-state index in [0.29, 0.717) is 5.52 Å². The first-order chi connectivity index (χ1) is 8.00. The summed E-state index contributed by atoms with van der Waals surface area (Å²) in [7, 11) is 0. The molecule has 0 aliphatic rings.